The van der Waals surface area contributed by atoms with Gasteiger partial charge in [-0.2, -0.15) is 12.6 Å². The molecule has 0 aromatic heterocycles. The molecule has 0 bridgehead atoms. The summed E-state index contributed by atoms with van der Waals surface area (Å²) in [6, 6.07) is 0. The second-order valence-corrected chi connectivity index (χ2v) is 2.11. The Morgan fingerprint density at radius 3 is 2.57 bits per heavy atom. The lowest BCUT2D eigenvalue weighted by Gasteiger charge is -1.84. The third-order valence-corrected chi connectivity index (χ3v) is 1.17. The lowest BCUT2D eigenvalue weighted by molar-refractivity contribution is 1.41. The summed E-state index contributed by atoms with van der Waals surface area (Å²) >= 11 is 4.11. The summed E-state index contributed by atoms with van der Waals surface area (Å²) in [6.07, 6.45) is 5.69. The number of hydrogen-bond donors (Lipinski definition) is 2. The van der Waals surface area contributed by atoms with Crippen LogP contribution in [0, 0.1) is 0 Å². The molecule has 0 radical (unpaired) electrons. The summed E-state index contributed by atoms with van der Waals surface area (Å²) in [7, 11) is 0. The van der Waals surface area contributed by atoms with Gasteiger partial charge in [-0.15, -0.1) is 0 Å². The van der Waals surface area contributed by atoms with E-state index in [1.807, 2.05) is 18.2 Å². The molecule has 0 aromatic rings. The predicted octanol–water partition coefficient (Wildman–Crippen LogP) is 0.697. The van der Waals surface area contributed by atoms with E-state index in [4.69, 9.17) is 5.73 Å². The van der Waals surface area contributed by atoms with Crippen molar-refractivity contribution in [3.8, 4) is 0 Å². The summed E-state index contributed by atoms with van der Waals surface area (Å²) in [5, 5.41) is 0.250. The SMILES string of the molecule is NC1=CC(S)C=C1. The average molecular weight is 113 g/mol. The Morgan fingerprint density at radius 1 is 1.71 bits per heavy atom. The number of hydrogen-bond acceptors (Lipinski definition) is 2. The van der Waals surface area contributed by atoms with Gasteiger partial charge >= 0.3 is 0 Å². The maximum atomic E-state index is 5.35. The quantitative estimate of drug-likeness (QED) is 0.444. The molecule has 0 aliphatic heterocycles. The van der Waals surface area contributed by atoms with Crippen LogP contribution in [0.4, 0.5) is 0 Å². The lowest BCUT2D eigenvalue weighted by atomic mass is 10.5. The van der Waals surface area contributed by atoms with Gasteiger partial charge in [0.15, 0.2) is 0 Å². The van der Waals surface area contributed by atoms with Crippen molar-refractivity contribution in [3.05, 3.63) is 23.9 Å². The van der Waals surface area contributed by atoms with Crippen LogP contribution in [0.1, 0.15) is 0 Å². The zero-order valence-corrected chi connectivity index (χ0v) is 4.73. The molecule has 1 rings (SSSR count). The minimum atomic E-state index is 0.250. The van der Waals surface area contributed by atoms with E-state index in [0.29, 0.717) is 0 Å². The second-order valence-electron chi connectivity index (χ2n) is 1.52. The third kappa shape index (κ3) is 0.996. The van der Waals surface area contributed by atoms with Crippen LogP contribution in [0.5, 0.6) is 0 Å². The summed E-state index contributed by atoms with van der Waals surface area (Å²) in [5.41, 5.74) is 6.17. The minimum absolute atomic E-state index is 0.250. The molecule has 0 fully saturated rings. The van der Waals surface area contributed by atoms with E-state index in [9.17, 15) is 0 Å². The highest BCUT2D eigenvalue weighted by molar-refractivity contribution is 7.81. The van der Waals surface area contributed by atoms with E-state index >= 15 is 0 Å². The fourth-order valence-electron chi connectivity index (χ4n) is 0.518. The normalized spacial score (nSPS) is 28.1. The molecule has 0 saturated heterocycles. The van der Waals surface area contributed by atoms with Crippen molar-refractivity contribution >= 4 is 12.6 Å². The smallest absolute Gasteiger partial charge is 0.0403 e. The van der Waals surface area contributed by atoms with Crippen molar-refractivity contribution in [2.24, 2.45) is 5.73 Å². The van der Waals surface area contributed by atoms with Crippen LogP contribution in [0.2, 0.25) is 0 Å². The molecule has 0 saturated carbocycles. The van der Waals surface area contributed by atoms with Crippen molar-refractivity contribution < 1.29 is 0 Å². The Balaban J connectivity index is 2.69. The number of thiol groups is 1. The van der Waals surface area contributed by atoms with E-state index < -0.39 is 0 Å². The Hall–Kier alpha value is -0.370. The van der Waals surface area contributed by atoms with Gasteiger partial charge in [0.25, 0.3) is 0 Å². The van der Waals surface area contributed by atoms with Gasteiger partial charge in [-0.25, -0.2) is 0 Å². The van der Waals surface area contributed by atoms with Crippen molar-refractivity contribution in [2.75, 3.05) is 0 Å². The fraction of sp³-hybridized carbons (Fsp3) is 0.200. The summed E-state index contributed by atoms with van der Waals surface area (Å²) in [6.45, 7) is 0. The Morgan fingerprint density at radius 2 is 2.43 bits per heavy atom. The molecule has 1 unspecified atom stereocenters. The van der Waals surface area contributed by atoms with Gasteiger partial charge in [0.2, 0.25) is 0 Å². The molecule has 7 heavy (non-hydrogen) atoms. The summed E-state index contributed by atoms with van der Waals surface area (Å²) < 4.78 is 0. The summed E-state index contributed by atoms with van der Waals surface area (Å²) in [4.78, 5) is 0. The number of allylic oxidation sites excluding steroid dienone is 1. The largest absolute Gasteiger partial charge is 0.399 e. The topological polar surface area (TPSA) is 26.0 Å². The third-order valence-electron chi connectivity index (χ3n) is 0.849. The van der Waals surface area contributed by atoms with Crippen LogP contribution in [-0.2, 0) is 0 Å². The maximum Gasteiger partial charge on any atom is 0.0403 e. The van der Waals surface area contributed by atoms with Crippen LogP contribution < -0.4 is 5.73 Å². The van der Waals surface area contributed by atoms with Crippen LogP contribution in [0.15, 0.2) is 23.9 Å². The molecule has 1 aliphatic carbocycles. The first kappa shape index (κ1) is 4.78. The molecule has 0 aromatic carbocycles. The highest BCUT2D eigenvalue weighted by atomic mass is 32.1. The average Bonchev–Trinajstić information content (AvgIpc) is 1.87. The van der Waals surface area contributed by atoms with Crippen LogP contribution in [0.25, 0.3) is 0 Å². The first-order valence-corrected chi connectivity index (χ1v) is 2.64. The predicted molar refractivity (Wildman–Crippen MR) is 34.2 cm³/mol. The molecule has 1 aliphatic rings. The Kier molecular flexibility index (Phi) is 1.11. The highest BCUT2D eigenvalue weighted by Crippen LogP contribution is 2.08. The Labute approximate surface area is 48.3 Å². The molecule has 1 atom stereocenters. The number of rotatable bonds is 0. The highest BCUT2D eigenvalue weighted by Gasteiger charge is 1.98. The molecular weight excluding hydrogens is 106 g/mol. The molecule has 0 heterocycles. The van der Waals surface area contributed by atoms with Crippen molar-refractivity contribution in [3.63, 3.8) is 0 Å². The molecule has 38 valence electrons. The van der Waals surface area contributed by atoms with E-state index in [1.165, 1.54) is 0 Å². The molecule has 0 amide bonds. The van der Waals surface area contributed by atoms with Crippen molar-refractivity contribution in [1.29, 1.82) is 0 Å². The first-order chi connectivity index (χ1) is 3.29. The maximum absolute atomic E-state index is 5.35. The zero-order valence-electron chi connectivity index (χ0n) is 3.83. The number of nitrogens with two attached hydrogens (primary N) is 1. The van der Waals surface area contributed by atoms with Gasteiger partial charge < -0.3 is 5.73 Å². The molecule has 2 heteroatoms. The van der Waals surface area contributed by atoms with Gasteiger partial charge in [0.1, 0.15) is 0 Å². The standard InChI is InChI=1S/C5H7NS/c6-4-1-2-5(7)3-4/h1-3,5,7H,6H2. The minimum Gasteiger partial charge on any atom is -0.399 e. The molecule has 0 spiro atoms. The molecular formula is C5H7NS. The fourth-order valence-corrected chi connectivity index (χ4v) is 0.776. The Bertz CT molecular complexity index is 126. The van der Waals surface area contributed by atoms with Crippen molar-refractivity contribution in [2.45, 2.75) is 5.25 Å². The first-order valence-electron chi connectivity index (χ1n) is 2.12. The molecule has 1 nitrogen and oxygen atoms in total. The van der Waals surface area contributed by atoms with Crippen LogP contribution in [0.3, 0.4) is 0 Å². The van der Waals surface area contributed by atoms with E-state index in [0.717, 1.165) is 5.70 Å². The van der Waals surface area contributed by atoms with Crippen LogP contribution in [-0.4, -0.2) is 5.25 Å². The van der Waals surface area contributed by atoms with Crippen molar-refractivity contribution in [1.82, 2.24) is 0 Å². The van der Waals surface area contributed by atoms with Gasteiger partial charge in [0, 0.05) is 10.9 Å². The summed E-state index contributed by atoms with van der Waals surface area (Å²) in [5.74, 6) is 0. The van der Waals surface area contributed by atoms with Crippen LogP contribution >= 0.6 is 12.6 Å². The van der Waals surface area contributed by atoms with Gasteiger partial charge in [-0.05, 0) is 12.2 Å². The van der Waals surface area contributed by atoms with E-state index in [2.05, 4.69) is 12.6 Å². The lowest BCUT2D eigenvalue weighted by Crippen LogP contribution is -1.89. The molecule has 2 N–H and O–H groups in total. The second kappa shape index (κ2) is 1.62. The monoisotopic (exact) mass is 113 g/mol. The zero-order chi connectivity index (χ0) is 5.28. The van der Waals surface area contributed by atoms with Gasteiger partial charge in [-0.1, -0.05) is 6.08 Å². The van der Waals surface area contributed by atoms with Gasteiger partial charge in [0.05, 0.1) is 0 Å². The van der Waals surface area contributed by atoms with E-state index in [1.54, 1.807) is 0 Å². The van der Waals surface area contributed by atoms with Gasteiger partial charge in [-0.3, -0.25) is 0 Å². The van der Waals surface area contributed by atoms with E-state index in [-0.39, 0.29) is 5.25 Å².